The standard InChI is InChI=1S/C23H28N4O5/c1-16-20(32-15-14-31-16)23(29)26-12-9-18(10-13-26)27-19(8-11-24-27)25-22(28)21(30-2)17-6-4-3-5-7-17/h3-8,11,18,21H,9-10,12-15H2,1-2H3,(H,25,28). The summed E-state index contributed by atoms with van der Waals surface area (Å²) < 4.78 is 18.2. The fourth-order valence-corrected chi connectivity index (χ4v) is 4.09. The molecule has 170 valence electrons. The van der Waals surface area contributed by atoms with Crippen molar-refractivity contribution in [2.45, 2.75) is 31.9 Å². The Morgan fingerprint density at radius 2 is 1.84 bits per heavy atom. The molecule has 32 heavy (non-hydrogen) atoms. The van der Waals surface area contributed by atoms with Gasteiger partial charge in [0.15, 0.2) is 6.10 Å². The Hall–Kier alpha value is -3.33. The molecular formula is C23H28N4O5. The summed E-state index contributed by atoms with van der Waals surface area (Å²) in [6, 6.07) is 11.2. The third-order valence-corrected chi connectivity index (χ3v) is 5.76. The van der Waals surface area contributed by atoms with Crippen LogP contribution < -0.4 is 5.32 Å². The molecule has 9 nitrogen and oxygen atoms in total. The molecule has 2 aliphatic heterocycles. The summed E-state index contributed by atoms with van der Waals surface area (Å²) in [5.41, 5.74) is 0.781. The van der Waals surface area contributed by atoms with E-state index in [4.69, 9.17) is 14.2 Å². The molecule has 0 spiro atoms. The molecule has 0 aliphatic carbocycles. The van der Waals surface area contributed by atoms with Gasteiger partial charge in [-0.05, 0) is 25.3 Å². The van der Waals surface area contributed by atoms with Crippen molar-refractivity contribution in [3.63, 3.8) is 0 Å². The van der Waals surface area contributed by atoms with Gasteiger partial charge in [-0.2, -0.15) is 5.10 Å². The van der Waals surface area contributed by atoms with Crippen LogP contribution in [0.5, 0.6) is 0 Å². The van der Waals surface area contributed by atoms with Crippen molar-refractivity contribution in [3.05, 3.63) is 59.7 Å². The number of carbonyl (C=O) groups is 2. The van der Waals surface area contributed by atoms with Crippen molar-refractivity contribution in [3.8, 4) is 0 Å². The Morgan fingerprint density at radius 3 is 2.53 bits per heavy atom. The highest BCUT2D eigenvalue weighted by molar-refractivity contribution is 5.94. The van der Waals surface area contributed by atoms with Gasteiger partial charge >= 0.3 is 0 Å². The van der Waals surface area contributed by atoms with Crippen molar-refractivity contribution in [2.24, 2.45) is 0 Å². The number of methoxy groups -OCH3 is 1. The number of rotatable bonds is 6. The molecular weight excluding hydrogens is 412 g/mol. The first-order valence-electron chi connectivity index (χ1n) is 10.8. The van der Waals surface area contributed by atoms with E-state index >= 15 is 0 Å². The summed E-state index contributed by atoms with van der Waals surface area (Å²) in [4.78, 5) is 27.4. The van der Waals surface area contributed by atoms with E-state index in [1.54, 1.807) is 24.1 Å². The zero-order valence-corrected chi connectivity index (χ0v) is 18.3. The van der Waals surface area contributed by atoms with Gasteiger partial charge in [0.05, 0.1) is 12.2 Å². The van der Waals surface area contributed by atoms with Crippen LogP contribution in [0.15, 0.2) is 54.1 Å². The minimum atomic E-state index is -0.715. The largest absolute Gasteiger partial charge is 0.491 e. The Bertz CT molecular complexity index is 979. The van der Waals surface area contributed by atoms with Crippen LogP contribution in [-0.4, -0.2) is 59.9 Å². The molecule has 1 aromatic heterocycles. The molecule has 1 unspecified atom stereocenters. The third kappa shape index (κ3) is 4.62. The molecule has 4 rings (SSSR count). The molecule has 1 atom stereocenters. The number of anilines is 1. The highest BCUT2D eigenvalue weighted by Gasteiger charge is 2.31. The summed E-state index contributed by atoms with van der Waals surface area (Å²) in [5, 5.41) is 7.37. The smallest absolute Gasteiger partial charge is 0.292 e. The molecule has 3 heterocycles. The van der Waals surface area contributed by atoms with Crippen LogP contribution in [0.4, 0.5) is 5.82 Å². The third-order valence-electron chi connectivity index (χ3n) is 5.76. The average Bonchev–Trinajstić information content (AvgIpc) is 3.28. The van der Waals surface area contributed by atoms with E-state index in [1.807, 2.05) is 35.0 Å². The quantitative estimate of drug-likeness (QED) is 0.742. The SMILES string of the molecule is COC(C(=O)Nc1ccnn1C1CCN(C(=O)C2=C(C)OCCO2)CC1)c1ccccc1. The number of aromatic nitrogens is 2. The lowest BCUT2D eigenvalue weighted by atomic mass is 10.0. The highest BCUT2D eigenvalue weighted by atomic mass is 16.6. The van der Waals surface area contributed by atoms with Crippen LogP contribution in [0.1, 0.15) is 37.5 Å². The number of nitrogens with zero attached hydrogens (tertiary/aromatic N) is 3. The molecule has 0 radical (unpaired) electrons. The van der Waals surface area contributed by atoms with Gasteiger partial charge in [0.25, 0.3) is 11.8 Å². The summed E-state index contributed by atoms with van der Waals surface area (Å²) in [5.74, 6) is 1.05. The van der Waals surface area contributed by atoms with E-state index in [0.29, 0.717) is 43.6 Å². The summed E-state index contributed by atoms with van der Waals surface area (Å²) in [7, 11) is 1.51. The monoisotopic (exact) mass is 440 g/mol. The van der Waals surface area contributed by atoms with E-state index < -0.39 is 6.10 Å². The van der Waals surface area contributed by atoms with E-state index in [9.17, 15) is 9.59 Å². The number of benzene rings is 1. The Labute approximate surface area is 186 Å². The van der Waals surface area contributed by atoms with Gasteiger partial charge in [0, 0.05) is 26.3 Å². The van der Waals surface area contributed by atoms with Gasteiger partial charge in [-0.25, -0.2) is 4.68 Å². The van der Waals surface area contributed by atoms with Crippen molar-refractivity contribution in [2.75, 3.05) is 38.7 Å². The lowest BCUT2D eigenvalue weighted by Gasteiger charge is -2.33. The van der Waals surface area contributed by atoms with Gasteiger partial charge in [0.1, 0.15) is 24.8 Å². The molecule has 1 N–H and O–H groups in total. The number of allylic oxidation sites excluding steroid dienone is 1. The molecule has 2 aromatic rings. The summed E-state index contributed by atoms with van der Waals surface area (Å²) in [6.45, 7) is 3.74. The Kier molecular flexibility index (Phi) is 6.75. The predicted molar refractivity (Wildman–Crippen MR) is 117 cm³/mol. The molecule has 9 heteroatoms. The fourth-order valence-electron chi connectivity index (χ4n) is 4.09. The van der Waals surface area contributed by atoms with Crippen molar-refractivity contribution < 1.29 is 23.8 Å². The predicted octanol–water partition coefficient (Wildman–Crippen LogP) is 2.65. The number of hydrogen-bond acceptors (Lipinski definition) is 6. The normalized spacial score (nSPS) is 18.0. The number of likely N-dealkylation sites (tertiary alicyclic amines) is 1. The number of amides is 2. The first-order chi connectivity index (χ1) is 15.6. The van der Waals surface area contributed by atoms with E-state index in [-0.39, 0.29) is 17.9 Å². The Balaban J connectivity index is 1.39. The first-order valence-corrected chi connectivity index (χ1v) is 10.8. The first kappa shape index (κ1) is 21.9. The van der Waals surface area contributed by atoms with Crippen molar-refractivity contribution >= 4 is 17.6 Å². The second kappa shape index (κ2) is 9.86. The van der Waals surface area contributed by atoms with E-state index in [1.165, 1.54) is 7.11 Å². The minimum absolute atomic E-state index is 0.0701. The molecule has 2 aliphatic rings. The van der Waals surface area contributed by atoms with Gasteiger partial charge in [0.2, 0.25) is 5.76 Å². The number of carbonyl (C=O) groups excluding carboxylic acids is 2. The molecule has 0 saturated carbocycles. The molecule has 1 fully saturated rings. The maximum atomic E-state index is 12.9. The highest BCUT2D eigenvalue weighted by Crippen LogP contribution is 2.28. The maximum absolute atomic E-state index is 12.9. The number of hydrogen-bond donors (Lipinski definition) is 1. The lowest BCUT2D eigenvalue weighted by molar-refractivity contribution is -0.134. The zero-order chi connectivity index (χ0) is 22.5. The van der Waals surface area contributed by atoms with Crippen LogP contribution >= 0.6 is 0 Å². The van der Waals surface area contributed by atoms with Crippen LogP contribution in [0.25, 0.3) is 0 Å². The van der Waals surface area contributed by atoms with Gasteiger partial charge in [-0.3, -0.25) is 9.59 Å². The van der Waals surface area contributed by atoms with E-state index in [2.05, 4.69) is 10.4 Å². The van der Waals surface area contributed by atoms with Crippen LogP contribution in [0, 0.1) is 0 Å². The molecule has 2 amide bonds. The van der Waals surface area contributed by atoms with Crippen LogP contribution in [0.3, 0.4) is 0 Å². The molecule has 1 saturated heterocycles. The van der Waals surface area contributed by atoms with Crippen molar-refractivity contribution in [1.29, 1.82) is 0 Å². The van der Waals surface area contributed by atoms with Crippen LogP contribution in [-0.2, 0) is 23.8 Å². The van der Waals surface area contributed by atoms with Crippen LogP contribution in [0.2, 0.25) is 0 Å². The molecule has 0 bridgehead atoms. The number of ether oxygens (including phenoxy) is 3. The average molecular weight is 441 g/mol. The van der Waals surface area contributed by atoms with Crippen molar-refractivity contribution in [1.82, 2.24) is 14.7 Å². The minimum Gasteiger partial charge on any atom is -0.491 e. The number of nitrogens with one attached hydrogen (secondary N) is 1. The second-order valence-corrected chi connectivity index (χ2v) is 7.78. The summed E-state index contributed by atoms with van der Waals surface area (Å²) >= 11 is 0. The lowest BCUT2D eigenvalue weighted by Crippen LogP contribution is -2.41. The Morgan fingerprint density at radius 1 is 1.12 bits per heavy atom. The van der Waals surface area contributed by atoms with Gasteiger partial charge < -0.3 is 24.4 Å². The maximum Gasteiger partial charge on any atom is 0.292 e. The molecule has 1 aromatic carbocycles. The zero-order valence-electron chi connectivity index (χ0n) is 18.3. The summed E-state index contributed by atoms with van der Waals surface area (Å²) in [6.07, 6.45) is 2.39. The van der Waals surface area contributed by atoms with Gasteiger partial charge in [-0.15, -0.1) is 0 Å². The second-order valence-electron chi connectivity index (χ2n) is 7.78. The van der Waals surface area contributed by atoms with E-state index in [0.717, 1.165) is 18.4 Å². The van der Waals surface area contributed by atoms with Gasteiger partial charge in [-0.1, -0.05) is 30.3 Å². The fraction of sp³-hybridized carbons (Fsp3) is 0.435. The number of piperidine rings is 1. The topological polar surface area (TPSA) is 94.9 Å².